The first kappa shape index (κ1) is 15.0. The molecule has 0 spiro atoms. The number of hydrogen-bond donors (Lipinski definition) is 2. The molecule has 23 heavy (non-hydrogen) atoms. The van der Waals surface area contributed by atoms with E-state index < -0.39 is 0 Å². The Labute approximate surface area is 132 Å². The second-order valence-corrected chi connectivity index (χ2v) is 5.24. The molecule has 2 aromatic heterocycles. The Balaban J connectivity index is 1.95. The summed E-state index contributed by atoms with van der Waals surface area (Å²) in [4.78, 5) is 30.5. The first-order valence-electron chi connectivity index (χ1n) is 7.48. The number of carbonyl (C=O) groups is 1. The van der Waals surface area contributed by atoms with E-state index in [0.717, 1.165) is 12.0 Å². The van der Waals surface area contributed by atoms with Gasteiger partial charge in [0, 0.05) is 18.9 Å². The molecule has 0 bridgehead atoms. The number of fused-ring (bicyclic) bond motifs is 1. The summed E-state index contributed by atoms with van der Waals surface area (Å²) in [5.74, 6) is 1.06. The lowest BCUT2D eigenvalue weighted by molar-refractivity contribution is -0.116. The van der Waals surface area contributed by atoms with Crippen LogP contribution in [-0.4, -0.2) is 25.5 Å². The highest BCUT2D eigenvalue weighted by molar-refractivity contribution is 5.89. The Morgan fingerprint density at radius 3 is 2.83 bits per heavy atom. The summed E-state index contributed by atoms with van der Waals surface area (Å²) in [5, 5.41) is 7.09. The van der Waals surface area contributed by atoms with Crippen LogP contribution < -0.4 is 10.9 Å². The molecule has 118 valence electrons. The summed E-state index contributed by atoms with van der Waals surface area (Å²) in [7, 11) is 0. The fourth-order valence-corrected chi connectivity index (χ4v) is 2.31. The summed E-state index contributed by atoms with van der Waals surface area (Å²) < 4.78 is 1.45. The van der Waals surface area contributed by atoms with Crippen LogP contribution in [0.15, 0.2) is 41.2 Å². The van der Waals surface area contributed by atoms with Crippen molar-refractivity contribution in [1.82, 2.24) is 19.6 Å². The predicted octanol–water partition coefficient (Wildman–Crippen LogP) is 1.75. The molecule has 0 unspecified atom stereocenters. The number of hydrogen-bond acceptors (Lipinski definition) is 4. The standard InChI is InChI=1S/C16H17N5O2/c1-2-6-14(22)18-13-10-15(23)19-16-17-12(20-21(13)16)9-11-7-4-3-5-8-11/h3-5,7-8,10H,2,6,9H2,1H3,(H,18,22)(H,17,19,20,23). The maximum atomic E-state index is 11.8. The minimum atomic E-state index is -0.331. The zero-order valence-corrected chi connectivity index (χ0v) is 12.7. The lowest BCUT2D eigenvalue weighted by atomic mass is 10.1. The Kier molecular flexibility index (Phi) is 4.18. The van der Waals surface area contributed by atoms with Crippen molar-refractivity contribution in [3.63, 3.8) is 0 Å². The van der Waals surface area contributed by atoms with E-state index in [0.29, 0.717) is 30.3 Å². The van der Waals surface area contributed by atoms with Gasteiger partial charge in [-0.1, -0.05) is 37.3 Å². The van der Waals surface area contributed by atoms with Gasteiger partial charge < -0.3 is 5.32 Å². The third-order valence-corrected chi connectivity index (χ3v) is 3.33. The average Bonchev–Trinajstić information content (AvgIpc) is 2.91. The molecule has 1 amide bonds. The maximum Gasteiger partial charge on any atom is 0.254 e. The number of nitrogens with zero attached hydrogens (tertiary/aromatic N) is 3. The van der Waals surface area contributed by atoms with Gasteiger partial charge in [0.05, 0.1) is 0 Å². The molecule has 7 heteroatoms. The predicted molar refractivity (Wildman–Crippen MR) is 86.4 cm³/mol. The van der Waals surface area contributed by atoms with Gasteiger partial charge in [-0.25, -0.2) is 0 Å². The van der Waals surface area contributed by atoms with Gasteiger partial charge in [0.2, 0.25) is 11.7 Å². The van der Waals surface area contributed by atoms with Crippen molar-refractivity contribution < 1.29 is 4.79 Å². The molecular weight excluding hydrogens is 294 g/mol. The number of aromatic nitrogens is 4. The topological polar surface area (TPSA) is 92.1 Å². The molecule has 7 nitrogen and oxygen atoms in total. The Morgan fingerprint density at radius 1 is 1.30 bits per heavy atom. The fourth-order valence-electron chi connectivity index (χ4n) is 2.31. The number of carbonyl (C=O) groups excluding carboxylic acids is 1. The molecule has 0 saturated carbocycles. The van der Waals surface area contributed by atoms with Gasteiger partial charge in [-0.3, -0.25) is 14.6 Å². The van der Waals surface area contributed by atoms with E-state index in [4.69, 9.17) is 0 Å². The van der Waals surface area contributed by atoms with E-state index >= 15 is 0 Å². The second-order valence-electron chi connectivity index (χ2n) is 5.24. The van der Waals surface area contributed by atoms with E-state index in [1.807, 2.05) is 37.3 Å². The van der Waals surface area contributed by atoms with Crippen LogP contribution in [0.2, 0.25) is 0 Å². The molecule has 0 aliphatic carbocycles. The highest BCUT2D eigenvalue weighted by Gasteiger charge is 2.11. The zero-order valence-electron chi connectivity index (χ0n) is 12.7. The number of nitrogens with one attached hydrogen (secondary N) is 2. The summed E-state index contributed by atoms with van der Waals surface area (Å²) in [5.41, 5.74) is 0.741. The summed E-state index contributed by atoms with van der Waals surface area (Å²) in [6.07, 6.45) is 1.67. The molecule has 0 aliphatic heterocycles. The van der Waals surface area contributed by atoms with Crippen LogP contribution in [0.3, 0.4) is 0 Å². The molecule has 2 N–H and O–H groups in total. The Bertz CT molecular complexity index is 882. The highest BCUT2D eigenvalue weighted by Crippen LogP contribution is 2.10. The van der Waals surface area contributed by atoms with Gasteiger partial charge >= 0.3 is 0 Å². The van der Waals surface area contributed by atoms with Crippen LogP contribution in [0.25, 0.3) is 5.78 Å². The third-order valence-electron chi connectivity index (χ3n) is 3.33. The van der Waals surface area contributed by atoms with E-state index in [9.17, 15) is 9.59 Å². The summed E-state index contributed by atoms with van der Waals surface area (Å²) >= 11 is 0. The second kappa shape index (κ2) is 6.43. The van der Waals surface area contributed by atoms with Crippen LogP contribution in [0.1, 0.15) is 31.2 Å². The van der Waals surface area contributed by atoms with Gasteiger partial charge in [-0.2, -0.15) is 9.50 Å². The largest absolute Gasteiger partial charge is 0.310 e. The van der Waals surface area contributed by atoms with Crippen molar-refractivity contribution in [1.29, 1.82) is 0 Å². The van der Waals surface area contributed by atoms with Crippen LogP contribution in [0, 0.1) is 0 Å². The van der Waals surface area contributed by atoms with Crippen molar-refractivity contribution in [2.24, 2.45) is 0 Å². The van der Waals surface area contributed by atoms with Gasteiger partial charge in [0.25, 0.3) is 5.56 Å². The van der Waals surface area contributed by atoms with Gasteiger partial charge in [-0.05, 0) is 12.0 Å². The normalized spacial score (nSPS) is 10.8. The van der Waals surface area contributed by atoms with Crippen molar-refractivity contribution in [3.05, 3.63) is 58.1 Å². The number of rotatable bonds is 5. The monoisotopic (exact) mass is 311 g/mol. The van der Waals surface area contributed by atoms with Crippen molar-refractivity contribution in [3.8, 4) is 0 Å². The molecule has 0 saturated heterocycles. The number of benzene rings is 1. The molecule has 0 atom stereocenters. The van der Waals surface area contributed by atoms with Crippen LogP contribution in [0.4, 0.5) is 5.82 Å². The van der Waals surface area contributed by atoms with E-state index in [1.54, 1.807) is 0 Å². The van der Waals surface area contributed by atoms with Crippen LogP contribution in [0.5, 0.6) is 0 Å². The van der Waals surface area contributed by atoms with Crippen molar-refractivity contribution >= 4 is 17.5 Å². The fraction of sp³-hybridized carbons (Fsp3) is 0.250. The van der Waals surface area contributed by atoms with Crippen molar-refractivity contribution in [2.75, 3.05) is 5.32 Å². The van der Waals surface area contributed by atoms with Crippen LogP contribution in [-0.2, 0) is 11.2 Å². The summed E-state index contributed by atoms with van der Waals surface area (Å²) in [6.45, 7) is 1.92. The third kappa shape index (κ3) is 3.45. The van der Waals surface area contributed by atoms with E-state index in [-0.39, 0.29) is 11.5 Å². The lowest BCUT2D eigenvalue weighted by Gasteiger charge is -2.04. The summed E-state index contributed by atoms with van der Waals surface area (Å²) in [6, 6.07) is 11.1. The molecule has 3 rings (SSSR count). The van der Waals surface area contributed by atoms with E-state index in [2.05, 4.69) is 20.4 Å². The molecular formula is C16H17N5O2. The molecule has 3 aromatic rings. The maximum absolute atomic E-state index is 11.8. The molecule has 0 radical (unpaired) electrons. The molecule has 0 fully saturated rings. The minimum absolute atomic E-state index is 0.153. The minimum Gasteiger partial charge on any atom is -0.310 e. The highest BCUT2D eigenvalue weighted by atomic mass is 16.2. The number of amides is 1. The first-order chi connectivity index (χ1) is 11.2. The van der Waals surface area contributed by atoms with Gasteiger partial charge in [-0.15, -0.1) is 5.10 Å². The molecule has 1 aromatic carbocycles. The molecule has 0 aliphatic rings. The zero-order chi connectivity index (χ0) is 16.2. The Hall–Kier alpha value is -2.96. The molecule has 2 heterocycles. The van der Waals surface area contributed by atoms with Crippen LogP contribution >= 0.6 is 0 Å². The first-order valence-corrected chi connectivity index (χ1v) is 7.48. The smallest absolute Gasteiger partial charge is 0.254 e. The number of anilines is 1. The lowest BCUT2D eigenvalue weighted by Crippen LogP contribution is -2.18. The van der Waals surface area contributed by atoms with Gasteiger partial charge in [0.1, 0.15) is 5.82 Å². The quantitative estimate of drug-likeness (QED) is 0.751. The average molecular weight is 311 g/mol. The van der Waals surface area contributed by atoms with Crippen molar-refractivity contribution in [2.45, 2.75) is 26.2 Å². The number of H-pyrrole nitrogens is 1. The Morgan fingerprint density at radius 2 is 2.09 bits per heavy atom. The number of aromatic amines is 1. The van der Waals surface area contributed by atoms with E-state index in [1.165, 1.54) is 10.6 Å². The van der Waals surface area contributed by atoms with Gasteiger partial charge in [0.15, 0.2) is 5.82 Å². The SMILES string of the molecule is CCCC(=O)Nc1cc(=O)[nH]c2nc(Cc3ccccc3)nn12.